The zero-order chi connectivity index (χ0) is 14.4. The van der Waals surface area contributed by atoms with Crippen LogP contribution in [-0.4, -0.2) is 13.0 Å². The number of carbonyl (C=O) groups excluding carboxylic acids is 1. The monoisotopic (exact) mass is 268 g/mol. The fraction of sp³-hybridized carbons (Fsp3) is 0.0714. The highest BCUT2D eigenvalue weighted by Crippen LogP contribution is 2.21. The Morgan fingerprint density at radius 1 is 1.25 bits per heavy atom. The van der Waals surface area contributed by atoms with Crippen molar-refractivity contribution < 1.29 is 9.53 Å². The van der Waals surface area contributed by atoms with Crippen LogP contribution in [0.1, 0.15) is 10.4 Å². The number of methoxy groups -OCH3 is 1. The third-order valence-corrected chi connectivity index (χ3v) is 2.62. The maximum atomic E-state index is 12.2. The number of hydrogen-bond acceptors (Lipinski definition) is 3. The first-order chi connectivity index (χ1) is 9.74. The van der Waals surface area contributed by atoms with Gasteiger partial charge in [-0.05, 0) is 29.8 Å². The molecule has 2 aromatic rings. The highest BCUT2D eigenvalue weighted by molar-refractivity contribution is 6.06. The number of carbonyl (C=O) groups is 1. The Kier molecular flexibility index (Phi) is 4.21. The highest BCUT2D eigenvalue weighted by Gasteiger charge is 2.11. The smallest absolute Gasteiger partial charge is 0.259 e. The zero-order valence-electron chi connectivity index (χ0n) is 10.8. The number of nitrogens with zero attached hydrogens (tertiary/aromatic N) is 3. The van der Waals surface area contributed by atoms with Crippen molar-refractivity contribution in [2.45, 2.75) is 0 Å². The van der Waals surface area contributed by atoms with Gasteiger partial charge >= 0.3 is 0 Å². The summed E-state index contributed by atoms with van der Waals surface area (Å²) in [6, 6.07) is 13.6. The average Bonchev–Trinajstić information content (AvgIpc) is 2.48. The maximum absolute atomic E-state index is 12.2. The molecule has 0 aromatic heterocycles. The highest BCUT2D eigenvalue weighted by atomic mass is 16.5. The third-order valence-electron chi connectivity index (χ3n) is 2.62. The van der Waals surface area contributed by atoms with E-state index in [0.29, 0.717) is 22.7 Å². The fourth-order valence-corrected chi connectivity index (χ4v) is 1.73. The van der Waals surface area contributed by atoms with Crippen LogP contribution in [-0.2, 0) is 0 Å². The molecule has 2 rings (SSSR count). The minimum absolute atomic E-state index is 0.291. The first kappa shape index (κ1) is 13.5. The molecule has 6 nitrogen and oxygen atoms in total. The van der Waals surface area contributed by atoms with Gasteiger partial charge in [-0.15, -0.1) is 0 Å². The minimum Gasteiger partial charge on any atom is -0.496 e. The van der Waals surface area contributed by atoms with Crippen LogP contribution in [0, 0.1) is 0 Å². The molecular formula is C14H12N4O2. The van der Waals surface area contributed by atoms with Crippen molar-refractivity contribution >= 4 is 17.3 Å². The Morgan fingerprint density at radius 2 is 2.05 bits per heavy atom. The number of anilines is 1. The number of para-hydroxylation sites is 1. The van der Waals surface area contributed by atoms with Crippen LogP contribution < -0.4 is 10.1 Å². The molecule has 0 bridgehead atoms. The van der Waals surface area contributed by atoms with Gasteiger partial charge < -0.3 is 10.1 Å². The van der Waals surface area contributed by atoms with Crippen LogP contribution in [0.3, 0.4) is 0 Å². The lowest BCUT2D eigenvalue weighted by Crippen LogP contribution is -2.12. The molecule has 0 saturated carbocycles. The largest absolute Gasteiger partial charge is 0.496 e. The number of nitrogens with one attached hydrogen (secondary N) is 1. The Hall–Kier alpha value is -2.98. The average molecular weight is 268 g/mol. The molecule has 1 amide bonds. The summed E-state index contributed by atoms with van der Waals surface area (Å²) in [4.78, 5) is 14.9. The Balaban J connectivity index is 2.23. The normalized spacial score (nSPS) is 9.45. The van der Waals surface area contributed by atoms with Gasteiger partial charge in [0.05, 0.1) is 12.7 Å². The van der Waals surface area contributed by atoms with Crippen molar-refractivity contribution in [2.75, 3.05) is 12.4 Å². The molecule has 20 heavy (non-hydrogen) atoms. The number of amides is 1. The molecule has 0 heterocycles. The van der Waals surface area contributed by atoms with Gasteiger partial charge in [0.15, 0.2) is 0 Å². The Bertz CT molecular complexity index is 678. The van der Waals surface area contributed by atoms with Crippen LogP contribution in [0.15, 0.2) is 53.6 Å². The summed E-state index contributed by atoms with van der Waals surface area (Å²) in [5, 5.41) is 6.22. The molecule has 6 heteroatoms. The fourth-order valence-electron chi connectivity index (χ4n) is 1.73. The summed E-state index contributed by atoms with van der Waals surface area (Å²) in [6.45, 7) is 0. The first-order valence-corrected chi connectivity index (χ1v) is 5.84. The number of ether oxygens (including phenoxy) is 1. The molecule has 0 aliphatic heterocycles. The first-order valence-electron chi connectivity index (χ1n) is 5.84. The molecular weight excluding hydrogens is 256 g/mol. The summed E-state index contributed by atoms with van der Waals surface area (Å²) >= 11 is 0. The quantitative estimate of drug-likeness (QED) is 0.518. The number of hydrogen-bond donors (Lipinski definition) is 1. The molecule has 0 saturated heterocycles. The molecule has 0 fully saturated rings. The van der Waals surface area contributed by atoms with Gasteiger partial charge in [-0.3, -0.25) is 4.79 Å². The van der Waals surface area contributed by atoms with Crippen LogP contribution in [0.2, 0.25) is 0 Å². The Labute approximate surface area is 115 Å². The summed E-state index contributed by atoms with van der Waals surface area (Å²) in [7, 11) is 1.51. The Morgan fingerprint density at radius 3 is 2.80 bits per heavy atom. The standard InChI is InChI=1S/C14H12N4O2/c1-20-13-8-3-2-7-12(13)14(19)16-10-5-4-6-11(9-10)17-18-15/h2-9H,1H3,(H,16,19). The van der Waals surface area contributed by atoms with E-state index in [1.165, 1.54) is 7.11 Å². The van der Waals surface area contributed by atoms with Crippen molar-refractivity contribution in [2.24, 2.45) is 5.11 Å². The lowest BCUT2D eigenvalue weighted by molar-refractivity contribution is 0.102. The lowest BCUT2D eigenvalue weighted by atomic mass is 10.2. The van der Waals surface area contributed by atoms with Gasteiger partial charge in [0, 0.05) is 16.3 Å². The second-order valence-corrected chi connectivity index (χ2v) is 3.89. The van der Waals surface area contributed by atoms with E-state index in [1.54, 1.807) is 48.5 Å². The molecule has 100 valence electrons. The molecule has 0 atom stereocenters. The van der Waals surface area contributed by atoms with E-state index >= 15 is 0 Å². The molecule has 0 radical (unpaired) electrons. The molecule has 0 spiro atoms. The van der Waals surface area contributed by atoms with E-state index in [-0.39, 0.29) is 5.91 Å². The van der Waals surface area contributed by atoms with E-state index in [1.807, 2.05) is 0 Å². The second-order valence-electron chi connectivity index (χ2n) is 3.89. The van der Waals surface area contributed by atoms with Crippen LogP contribution in [0.4, 0.5) is 11.4 Å². The van der Waals surface area contributed by atoms with Crippen LogP contribution in [0.5, 0.6) is 5.75 Å². The van der Waals surface area contributed by atoms with Crippen LogP contribution >= 0.6 is 0 Å². The summed E-state index contributed by atoms with van der Waals surface area (Å²) in [5.74, 6) is 0.205. The van der Waals surface area contributed by atoms with E-state index in [0.717, 1.165) is 0 Å². The van der Waals surface area contributed by atoms with Gasteiger partial charge in [-0.2, -0.15) is 0 Å². The van der Waals surface area contributed by atoms with Crippen molar-refractivity contribution in [1.82, 2.24) is 0 Å². The van der Waals surface area contributed by atoms with Crippen molar-refractivity contribution in [3.8, 4) is 5.75 Å². The van der Waals surface area contributed by atoms with E-state index in [9.17, 15) is 4.79 Å². The van der Waals surface area contributed by atoms with Crippen molar-refractivity contribution in [1.29, 1.82) is 0 Å². The van der Waals surface area contributed by atoms with E-state index < -0.39 is 0 Å². The number of benzene rings is 2. The van der Waals surface area contributed by atoms with Gasteiger partial charge in [-0.25, -0.2) is 0 Å². The molecule has 0 aliphatic rings. The maximum Gasteiger partial charge on any atom is 0.259 e. The topological polar surface area (TPSA) is 87.1 Å². The SMILES string of the molecule is COc1ccccc1C(=O)Nc1cccc(N=[N+]=[N-])c1. The van der Waals surface area contributed by atoms with E-state index in [4.69, 9.17) is 10.3 Å². The van der Waals surface area contributed by atoms with Gasteiger partial charge in [-0.1, -0.05) is 29.4 Å². The zero-order valence-corrected chi connectivity index (χ0v) is 10.8. The molecule has 1 N–H and O–H groups in total. The summed E-state index contributed by atoms with van der Waals surface area (Å²) in [6.07, 6.45) is 0. The summed E-state index contributed by atoms with van der Waals surface area (Å²) < 4.78 is 5.14. The van der Waals surface area contributed by atoms with Gasteiger partial charge in [0.1, 0.15) is 5.75 Å². The lowest BCUT2D eigenvalue weighted by Gasteiger charge is -2.09. The number of azide groups is 1. The molecule has 2 aromatic carbocycles. The van der Waals surface area contributed by atoms with Crippen molar-refractivity contribution in [3.63, 3.8) is 0 Å². The summed E-state index contributed by atoms with van der Waals surface area (Å²) in [5.41, 5.74) is 9.81. The van der Waals surface area contributed by atoms with Gasteiger partial charge in [0.2, 0.25) is 0 Å². The molecule has 0 unspecified atom stereocenters. The second kappa shape index (κ2) is 6.26. The minimum atomic E-state index is -0.291. The number of rotatable bonds is 4. The van der Waals surface area contributed by atoms with E-state index in [2.05, 4.69) is 15.3 Å². The predicted octanol–water partition coefficient (Wildman–Crippen LogP) is 3.89. The predicted molar refractivity (Wildman–Crippen MR) is 76.2 cm³/mol. The van der Waals surface area contributed by atoms with Crippen molar-refractivity contribution in [3.05, 3.63) is 64.5 Å². The third kappa shape index (κ3) is 3.07. The molecule has 0 aliphatic carbocycles. The van der Waals surface area contributed by atoms with Gasteiger partial charge in [0.25, 0.3) is 5.91 Å². The van der Waals surface area contributed by atoms with Crippen LogP contribution in [0.25, 0.3) is 10.4 Å².